The van der Waals surface area contributed by atoms with Crippen molar-refractivity contribution in [3.63, 3.8) is 0 Å². The second-order valence-electron chi connectivity index (χ2n) is 13.9. The van der Waals surface area contributed by atoms with Crippen molar-refractivity contribution in [2.75, 3.05) is 21.1 Å². The number of hydrogen-bond donors (Lipinski definition) is 0. The van der Waals surface area contributed by atoms with Crippen LogP contribution in [0.5, 0.6) is 17.2 Å². The molecule has 3 aromatic rings. The van der Waals surface area contributed by atoms with E-state index in [2.05, 4.69) is 6.92 Å². The molecule has 3 rings (SSSR count). The Balaban J connectivity index is 1.88. The summed E-state index contributed by atoms with van der Waals surface area (Å²) in [7, 11) is 3.73. The SMILES string of the molecule is CCCCCCCCCCCCCC(c1cc(C(F)(F)F)ccc1OB(Oc1ccc(C(F)(F)F)cc1)Oc1ccc(C(F)(F)F)cc1)[N+](C)(C)C. The van der Waals surface area contributed by atoms with Gasteiger partial charge in [-0.05, 0) is 73.2 Å². The summed E-state index contributed by atoms with van der Waals surface area (Å²) in [4.78, 5) is 0. The lowest BCUT2D eigenvalue weighted by atomic mass is 9.94. The lowest BCUT2D eigenvalue weighted by Crippen LogP contribution is -2.41. The minimum atomic E-state index is -4.67. The number of benzene rings is 3. The van der Waals surface area contributed by atoms with Gasteiger partial charge >= 0.3 is 25.9 Å². The molecule has 1 atom stereocenters. The van der Waals surface area contributed by atoms with Crippen molar-refractivity contribution in [3.05, 3.63) is 89.0 Å². The van der Waals surface area contributed by atoms with Crippen molar-refractivity contribution in [3.8, 4) is 17.2 Å². The zero-order valence-electron chi connectivity index (χ0n) is 30.1. The van der Waals surface area contributed by atoms with Gasteiger partial charge in [-0.2, -0.15) is 39.5 Å². The van der Waals surface area contributed by atoms with Gasteiger partial charge < -0.3 is 18.4 Å². The Kier molecular flexibility index (Phi) is 15.6. The first kappa shape index (κ1) is 42.9. The van der Waals surface area contributed by atoms with Crippen LogP contribution in [0.2, 0.25) is 0 Å². The smallest absolute Gasteiger partial charge is 0.490 e. The molecule has 0 N–H and O–H groups in total. The standard InChI is InChI=1S/C38H48BF9NO3/c1-5-6-7-8-9-10-11-12-13-14-15-16-34(49(2,3)4)33-27-30(38(46,47)48)21-26-35(33)52-39(50-31-22-17-28(18-23-31)36(40,41)42)51-32-24-19-29(20-25-32)37(43,44)45/h17-27,34H,5-16H2,1-4H3/q+1. The maximum Gasteiger partial charge on any atom is 0.864 e. The number of halogens is 9. The van der Waals surface area contributed by atoms with Crippen LogP contribution in [0.25, 0.3) is 0 Å². The molecule has 4 nitrogen and oxygen atoms in total. The number of nitrogens with zero attached hydrogens (tertiary/aromatic N) is 1. The quantitative estimate of drug-likeness (QED) is 0.0498. The van der Waals surface area contributed by atoms with Gasteiger partial charge in [-0.15, -0.1) is 0 Å². The molecule has 0 bridgehead atoms. The van der Waals surface area contributed by atoms with Crippen LogP contribution in [-0.4, -0.2) is 32.9 Å². The molecule has 0 aliphatic rings. The Morgan fingerprint density at radius 3 is 1.29 bits per heavy atom. The van der Waals surface area contributed by atoms with Crippen LogP contribution in [-0.2, 0) is 18.5 Å². The zero-order valence-corrected chi connectivity index (χ0v) is 30.1. The van der Waals surface area contributed by atoms with E-state index in [-0.39, 0.29) is 27.3 Å². The summed E-state index contributed by atoms with van der Waals surface area (Å²) in [5.41, 5.74) is -2.62. The molecule has 1 unspecified atom stereocenters. The van der Waals surface area contributed by atoms with Crippen LogP contribution in [0.3, 0.4) is 0 Å². The van der Waals surface area contributed by atoms with Gasteiger partial charge in [-0.1, -0.05) is 71.1 Å². The average molecular weight is 749 g/mol. The zero-order chi connectivity index (χ0) is 38.6. The Morgan fingerprint density at radius 2 is 0.904 bits per heavy atom. The molecule has 3 aromatic carbocycles. The second kappa shape index (κ2) is 19.0. The molecular formula is C38H48BF9NO3+. The van der Waals surface area contributed by atoms with Gasteiger partial charge in [-0.3, -0.25) is 0 Å². The molecule has 52 heavy (non-hydrogen) atoms. The van der Waals surface area contributed by atoms with E-state index in [9.17, 15) is 39.5 Å². The lowest BCUT2D eigenvalue weighted by Gasteiger charge is -2.36. The first-order chi connectivity index (χ1) is 24.3. The monoisotopic (exact) mass is 748 g/mol. The molecule has 0 aliphatic heterocycles. The van der Waals surface area contributed by atoms with Crippen LogP contribution in [0.15, 0.2) is 66.7 Å². The fraction of sp³-hybridized carbons (Fsp3) is 0.526. The molecule has 0 amide bonds. The normalized spacial score (nSPS) is 13.2. The number of alkyl halides is 9. The summed E-state index contributed by atoms with van der Waals surface area (Å²) >= 11 is 0. The van der Waals surface area contributed by atoms with Gasteiger partial charge in [0, 0.05) is 6.42 Å². The van der Waals surface area contributed by atoms with E-state index >= 15 is 0 Å². The van der Waals surface area contributed by atoms with E-state index in [1.807, 2.05) is 21.1 Å². The van der Waals surface area contributed by atoms with Crippen molar-refractivity contribution in [1.82, 2.24) is 0 Å². The van der Waals surface area contributed by atoms with Gasteiger partial charge in [0.1, 0.15) is 23.3 Å². The molecule has 0 heterocycles. The molecular weight excluding hydrogens is 700 g/mol. The van der Waals surface area contributed by atoms with Crippen LogP contribution >= 0.6 is 0 Å². The summed E-state index contributed by atoms with van der Waals surface area (Å²) in [5.74, 6) is -0.345. The fourth-order valence-corrected chi connectivity index (χ4v) is 5.90. The van der Waals surface area contributed by atoms with Crippen molar-refractivity contribution in [1.29, 1.82) is 0 Å². The van der Waals surface area contributed by atoms with Gasteiger partial charge in [-0.25, -0.2) is 0 Å². The summed E-state index contributed by atoms with van der Waals surface area (Å²) in [6, 6.07) is 9.53. The number of quaternary nitrogens is 1. The van der Waals surface area contributed by atoms with E-state index in [0.717, 1.165) is 98.8 Å². The minimum absolute atomic E-state index is 0.0436. The minimum Gasteiger partial charge on any atom is -0.490 e. The molecule has 0 saturated carbocycles. The van der Waals surface area contributed by atoms with E-state index in [1.54, 1.807) is 0 Å². The first-order valence-electron chi connectivity index (χ1n) is 17.7. The molecule has 0 fully saturated rings. The first-order valence-corrected chi connectivity index (χ1v) is 17.7. The highest BCUT2D eigenvalue weighted by atomic mass is 19.4. The summed E-state index contributed by atoms with van der Waals surface area (Å²) in [6.07, 6.45) is -1.24. The van der Waals surface area contributed by atoms with Crippen molar-refractivity contribution < 1.29 is 58.0 Å². The third-order valence-electron chi connectivity index (χ3n) is 8.76. The molecule has 14 heteroatoms. The van der Waals surface area contributed by atoms with Gasteiger partial charge in [0.05, 0.1) is 43.4 Å². The number of hydrogen-bond acceptors (Lipinski definition) is 3. The second-order valence-corrected chi connectivity index (χ2v) is 13.9. The van der Waals surface area contributed by atoms with Gasteiger partial charge in [0.15, 0.2) is 0 Å². The largest absolute Gasteiger partial charge is 0.864 e. The number of rotatable bonds is 20. The van der Waals surface area contributed by atoms with E-state index in [0.29, 0.717) is 6.42 Å². The van der Waals surface area contributed by atoms with E-state index in [1.165, 1.54) is 38.5 Å². The van der Waals surface area contributed by atoms with Crippen LogP contribution in [0.1, 0.15) is 112 Å². The van der Waals surface area contributed by atoms with E-state index < -0.39 is 48.6 Å². The maximum atomic E-state index is 14.0. The summed E-state index contributed by atoms with van der Waals surface area (Å²) < 4.78 is 139. The Morgan fingerprint density at radius 1 is 0.519 bits per heavy atom. The van der Waals surface area contributed by atoms with Gasteiger partial charge in [0.2, 0.25) is 0 Å². The molecule has 0 saturated heterocycles. The molecule has 0 aliphatic carbocycles. The summed E-state index contributed by atoms with van der Waals surface area (Å²) in [5, 5.41) is 0. The lowest BCUT2D eigenvalue weighted by molar-refractivity contribution is -0.902. The van der Waals surface area contributed by atoms with Crippen molar-refractivity contribution >= 4 is 7.32 Å². The molecule has 0 radical (unpaired) electrons. The topological polar surface area (TPSA) is 27.7 Å². The van der Waals surface area contributed by atoms with Crippen LogP contribution in [0.4, 0.5) is 39.5 Å². The van der Waals surface area contributed by atoms with Crippen molar-refractivity contribution in [2.24, 2.45) is 0 Å². The highest BCUT2D eigenvalue weighted by molar-refractivity contribution is 6.39. The van der Waals surface area contributed by atoms with Crippen LogP contribution < -0.4 is 14.0 Å². The molecule has 288 valence electrons. The summed E-state index contributed by atoms with van der Waals surface area (Å²) in [6.45, 7) is 2.18. The van der Waals surface area contributed by atoms with Crippen LogP contribution in [0, 0.1) is 0 Å². The Bertz CT molecular complexity index is 1430. The third-order valence-corrected chi connectivity index (χ3v) is 8.76. The predicted octanol–water partition coefficient (Wildman–Crippen LogP) is 12.7. The maximum absolute atomic E-state index is 14.0. The molecule has 0 aromatic heterocycles. The third kappa shape index (κ3) is 14.1. The Labute approximate surface area is 301 Å². The Hall–Kier alpha value is -3.55. The average Bonchev–Trinajstić information content (AvgIpc) is 3.04. The van der Waals surface area contributed by atoms with Gasteiger partial charge in [0.25, 0.3) is 0 Å². The predicted molar refractivity (Wildman–Crippen MR) is 184 cm³/mol. The fourth-order valence-electron chi connectivity index (χ4n) is 5.90. The van der Waals surface area contributed by atoms with Crippen molar-refractivity contribution in [2.45, 2.75) is 109 Å². The van der Waals surface area contributed by atoms with E-state index in [4.69, 9.17) is 14.0 Å². The number of unbranched alkanes of at least 4 members (excludes halogenated alkanes) is 10. The molecule has 0 spiro atoms. The highest BCUT2D eigenvalue weighted by Gasteiger charge is 2.39. The highest BCUT2D eigenvalue weighted by Crippen LogP contribution is 2.40.